The summed E-state index contributed by atoms with van der Waals surface area (Å²) in [6, 6.07) is 4.59. The summed E-state index contributed by atoms with van der Waals surface area (Å²) in [4.78, 5) is 11.4. The number of nitrogens with zero attached hydrogens (tertiary/aromatic N) is 1. The Morgan fingerprint density at radius 3 is 2.64 bits per heavy atom. The maximum absolute atomic E-state index is 12.8. The normalized spacial score (nSPS) is 19.6. The molecule has 2 N–H and O–H groups in total. The van der Waals surface area contributed by atoms with Crippen molar-refractivity contribution in [3.8, 4) is 11.5 Å². The molecule has 0 aliphatic carbocycles. The molecule has 1 aromatic carbocycles. The van der Waals surface area contributed by atoms with Crippen LogP contribution in [0.3, 0.4) is 0 Å². The van der Waals surface area contributed by atoms with E-state index in [1.807, 2.05) is 0 Å². The third-order valence-electron chi connectivity index (χ3n) is 3.78. The van der Waals surface area contributed by atoms with Crippen LogP contribution < -0.4 is 15.2 Å². The van der Waals surface area contributed by atoms with Crippen LogP contribution in [0.25, 0.3) is 0 Å². The lowest BCUT2D eigenvalue weighted by Crippen LogP contribution is -2.44. The van der Waals surface area contributed by atoms with E-state index in [0.29, 0.717) is 25.1 Å². The Hall–Kier alpha value is -1.80. The summed E-state index contributed by atoms with van der Waals surface area (Å²) >= 11 is 0. The van der Waals surface area contributed by atoms with E-state index >= 15 is 0 Å². The van der Waals surface area contributed by atoms with Gasteiger partial charge in [-0.2, -0.15) is 4.31 Å². The third kappa shape index (κ3) is 3.17. The molecule has 0 radical (unpaired) electrons. The molecular weight excluding hydrogens is 308 g/mol. The van der Waals surface area contributed by atoms with Crippen molar-refractivity contribution >= 4 is 15.9 Å². The van der Waals surface area contributed by atoms with Gasteiger partial charge in [0.05, 0.1) is 20.1 Å². The van der Waals surface area contributed by atoms with Crippen LogP contribution in [0.4, 0.5) is 0 Å². The van der Waals surface area contributed by atoms with Crippen molar-refractivity contribution < 1.29 is 22.7 Å². The number of ether oxygens (including phenoxy) is 2. The van der Waals surface area contributed by atoms with Crippen molar-refractivity contribution in [1.82, 2.24) is 4.31 Å². The zero-order valence-electron chi connectivity index (χ0n) is 12.6. The molecule has 7 nitrogen and oxygen atoms in total. The van der Waals surface area contributed by atoms with Crippen molar-refractivity contribution in [3.05, 3.63) is 18.2 Å². The van der Waals surface area contributed by atoms with E-state index in [9.17, 15) is 13.2 Å². The average molecular weight is 328 g/mol. The minimum atomic E-state index is -3.78. The molecule has 1 fully saturated rings. The highest BCUT2D eigenvalue weighted by molar-refractivity contribution is 7.89. The molecule has 0 saturated carbocycles. The summed E-state index contributed by atoms with van der Waals surface area (Å²) in [6.45, 7) is 0.449. The van der Waals surface area contributed by atoms with Gasteiger partial charge >= 0.3 is 0 Å². The lowest BCUT2D eigenvalue weighted by atomic mass is 9.99. The van der Waals surface area contributed by atoms with Gasteiger partial charge in [0.1, 0.15) is 16.4 Å². The fraction of sp³-hybridized carbons (Fsp3) is 0.500. The molecule has 122 valence electrons. The number of methoxy groups -OCH3 is 2. The number of carbonyl (C=O) groups excluding carboxylic acids is 1. The van der Waals surface area contributed by atoms with Crippen LogP contribution in [-0.2, 0) is 14.8 Å². The predicted molar refractivity (Wildman–Crippen MR) is 80.2 cm³/mol. The monoisotopic (exact) mass is 328 g/mol. The van der Waals surface area contributed by atoms with Crippen LogP contribution in [0.15, 0.2) is 23.1 Å². The second kappa shape index (κ2) is 6.53. The Balaban J connectivity index is 2.39. The molecule has 0 aromatic heterocycles. The summed E-state index contributed by atoms with van der Waals surface area (Å²) in [6.07, 6.45) is 1.20. The molecule has 22 heavy (non-hydrogen) atoms. The van der Waals surface area contributed by atoms with Gasteiger partial charge in [0.2, 0.25) is 15.9 Å². The van der Waals surface area contributed by atoms with Gasteiger partial charge in [0.15, 0.2) is 0 Å². The largest absolute Gasteiger partial charge is 0.497 e. The standard InChI is InChI=1S/C14H20N2O5S/c1-20-11-5-6-12(21-2)13(8-11)22(18,19)16-7-3-4-10(9-16)14(15)17/h5-6,8,10H,3-4,7,9H2,1-2H3,(H2,15,17). The molecule has 1 saturated heterocycles. The van der Waals surface area contributed by atoms with Gasteiger partial charge in [-0.3, -0.25) is 4.79 Å². The number of benzene rings is 1. The zero-order valence-corrected chi connectivity index (χ0v) is 13.4. The lowest BCUT2D eigenvalue weighted by Gasteiger charge is -2.30. The third-order valence-corrected chi connectivity index (χ3v) is 5.66. The van der Waals surface area contributed by atoms with Crippen LogP contribution in [0.2, 0.25) is 0 Å². The molecule has 1 unspecified atom stereocenters. The van der Waals surface area contributed by atoms with E-state index in [1.54, 1.807) is 12.1 Å². The summed E-state index contributed by atoms with van der Waals surface area (Å²) in [5, 5.41) is 0. The molecule has 1 aliphatic rings. The first-order valence-corrected chi connectivity index (χ1v) is 8.35. The number of amides is 1. The van der Waals surface area contributed by atoms with Gasteiger partial charge in [-0.1, -0.05) is 0 Å². The number of sulfonamides is 1. The summed E-state index contributed by atoms with van der Waals surface area (Å²) in [5.74, 6) is -0.275. The lowest BCUT2D eigenvalue weighted by molar-refractivity contribution is -0.122. The quantitative estimate of drug-likeness (QED) is 0.853. The molecular formula is C14H20N2O5S. The van der Waals surface area contributed by atoms with E-state index < -0.39 is 21.8 Å². The molecule has 1 heterocycles. The van der Waals surface area contributed by atoms with E-state index in [-0.39, 0.29) is 17.2 Å². The number of primary amides is 1. The van der Waals surface area contributed by atoms with Crippen LogP contribution in [-0.4, -0.2) is 45.9 Å². The van der Waals surface area contributed by atoms with Gasteiger partial charge in [-0.15, -0.1) is 0 Å². The molecule has 1 aromatic rings. The van der Waals surface area contributed by atoms with Crippen molar-refractivity contribution in [3.63, 3.8) is 0 Å². The van der Waals surface area contributed by atoms with Gasteiger partial charge in [0.25, 0.3) is 0 Å². The highest BCUT2D eigenvalue weighted by atomic mass is 32.2. The fourth-order valence-corrected chi connectivity index (χ4v) is 4.21. The van der Waals surface area contributed by atoms with Crippen molar-refractivity contribution in [2.75, 3.05) is 27.3 Å². The summed E-state index contributed by atoms with van der Waals surface area (Å²) < 4.78 is 37.2. The highest BCUT2D eigenvalue weighted by Crippen LogP contribution is 2.32. The fourth-order valence-electron chi connectivity index (χ4n) is 2.52. The van der Waals surface area contributed by atoms with E-state index in [0.717, 1.165) is 0 Å². The zero-order chi connectivity index (χ0) is 16.3. The number of rotatable bonds is 5. The highest BCUT2D eigenvalue weighted by Gasteiger charge is 2.34. The number of hydrogen-bond donors (Lipinski definition) is 1. The number of piperidine rings is 1. The smallest absolute Gasteiger partial charge is 0.246 e. The molecule has 2 rings (SSSR count). The molecule has 1 atom stereocenters. The minimum absolute atomic E-state index is 0.0273. The topological polar surface area (TPSA) is 98.9 Å². The Morgan fingerprint density at radius 1 is 1.32 bits per heavy atom. The van der Waals surface area contributed by atoms with E-state index in [1.165, 1.54) is 24.6 Å². The number of carbonyl (C=O) groups is 1. The summed E-state index contributed by atoms with van der Waals surface area (Å²) in [5.41, 5.74) is 5.31. The Bertz CT molecular complexity index is 659. The Kier molecular flexibility index (Phi) is 4.92. The van der Waals surface area contributed by atoms with E-state index in [4.69, 9.17) is 15.2 Å². The van der Waals surface area contributed by atoms with Gasteiger partial charge < -0.3 is 15.2 Å². The molecule has 0 bridgehead atoms. The predicted octanol–water partition coefficient (Wildman–Crippen LogP) is 0.590. The Labute approximate surface area is 130 Å². The van der Waals surface area contributed by atoms with Gasteiger partial charge in [-0.25, -0.2) is 8.42 Å². The van der Waals surface area contributed by atoms with Crippen LogP contribution in [0.5, 0.6) is 11.5 Å². The first kappa shape index (κ1) is 16.6. The number of nitrogens with two attached hydrogens (primary N) is 1. The molecule has 1 amide bonds. The SMILES string of the molecule is COc1ccc(OC)c(S(=O)(=O)N2CCCC(C(N)=O)C2)c1. The van der Waals surface area contributed by atoms with Crippen molar-refractivity contribution in [1.29, 1.82) is 0 Å². The first-order chi connectivity index (χ1) is 10.4. The molecule has 8 heteroatoms. The maximum atomic E-state index is 12.8. The minimum Gasteiger partial charge on any atom is -0.497 e. The molecule has 1 aliphatic heterocycles. The second-order valence-electron chi connectivity index (χ2n) is 5.12. The first-order valence-electron chi connectivity index (χ1n) is 6.91. The second-order valence-corrected chi connectivity index (χ2v) is 7.03. The summed E-state index contributed by atoms with van der Waals surface area (Å²) in [7, 11) is -0.917. The number of hydrogen-bond acceptors (Lipinski definition) is 5. The molecule has 0 spiro atoms. The Morgan fingerprint density at radius 2 is 2.05 bits per heavy atom. The average Bonchev–Trinajstić information content (AvgIpc) is 2.54. The van der Waals surface area contributed by atoms with Crippen molar-refractivity contribution in [2.24, 2.45) is 11.7 Å². The van der Waals surface area contributed by atoms with Gasteiger partial charge in [0, 0.05) is 19.2 Å². The van der Waals surface area contributed by atoms with Gasteiger partial charge in [-0.05, 0) is 25.0 Å². The maximum Gasteiger partial charge on any atom is 0.246 e. The van der Waals surface area contributed by atoms with Crippen LogP contribution >= 0.6 is 0 Å². The van der Waals surface area contributed by atoms with Crippen LogP contribution in [0, 0.1) is 5.92 Å². The van der Waals surface area contributed by atoms with Crippen molar-refractivity contribution in [2.45, 2.75) is 17.7 Å². The van der Waals surface area contributed by atoms with E-state index in [2.05, 4.69) is 0 Å². The van der Waals surface area contributed by atoms with Crippen LogP contribution in [0.1, 0.15) is 12.8 Å².